The highest BCUT2D eigenvalue weighted by Gasteiger charge is 2.29. The third-order valence-corrected chi connectivity index (χ3v) is 7.86. The van der Waals surface area contributed by atoms with Crippen LogP contribution in [0.1, 0.15) is 78.2 Å². The Morgan fingerprint density at radius 3 is 2.15 bits per heavy atom. The summed E-state index contributed by atoms with van der Waals surface area (Å²) in [6, 6.07) is 7.42. The number of hydrogen-bond donors (Lipinski definition) is 3. The number of nitrogens with zero attached hydrogens (tertiary/aromatic N) is 2. The van der Waals surface area contributed by atoms with Crippen LogP contribution in [-0.2, 0) is 20.7 Å². The number of anilines is 1. The fraction of sp³-hybridized carbons (Fsp3) is 0.710. The Bertz CT molecular complexity index is 945. The number of benzene rings is 1. The zero-order valence-electron chi connectivity index (χ0n) is 25.3. The van der Waals surface area contributed by atoms with Crippen molar-refractivity contribution in [1.82, 2.24) is 20.4 Å². The maximum absolute atomic E-state index is 13.3. The number of ether oxygens (including phenoxy) is 1. The van der Waals surface area contributed by atoms with Crippen molar-refractivity contribution in [3.63, 3.8) is 0 Å². The summed E-state index contributed by atoms with van der Waals surface area (Å²) in [5.41, 5.74) is 1.40. The van der Waals surface area contributed by atoms with Crippen LogP contribution >= 0.6 is 0 Å². The Morgan fingerprint density at radius 1 is 0.950 bits per heavy atom. The van der Waals surface area contributed by atoms with E-state index in [1.807, 2.05) is 49.9 Å². The largest absolute Gasteiger partial charge is 0.444 e. The second-order valence-electron chi connectivity index (χ2n) is 12.4. The van der Waals surface area contributed by atoms with Crippen LogP contribution in [0, 0.1) is 5.92 Å². The van der Waals surface area contributed by atoms with Crippen molar-refractivity contribution in [2.45, 2.75) is 96.7 Å². The average Bonchev–Trinajstić information content (AvgIpc) is 3.20. The van der Waals surface area contributed by atoms with Gasteiger partial charge in [-0.25, -0.2) is 4.79 Å². The van der Waals surface area contributed by atoms with Gasteiger partial charge in [-0.1, -0.05) is 44.7 Å². The van der Waals surface area contributed by atoms with Gasteiger partial charge in [-0.2, -0.15) is 0 Å². The van der Waals surface area contributed by atoms with Gasteiger partial charge in [-0.05, 0) is 64.3 Å². The first kappa shape index (κ1) is 31.7. The van der Waals surface area contributed by atoms with Crippen LogP contribution in [0.4, 0.5) is 10.5 Å². The molecule has 9 nitrogen and oxygen atoms in total. The fourth-order valence-electron chi connectivity index (χ4n) is 5.47. The number of carbonyl (C=O) groups is 3. The third-order valence-electron chi connectivity index (χ3n) is 7.86. The summed E-state index contributed by atoms with van der Waals surface area (Å²) in [4.78, 5) is 42.2. The van der Waals surface area contributed by atoms with Gasteiger partial charge in [0.25, 0.3) is 0 Å². The minimum atomic E-state index is -0.577. The van der Waals surface area contributed by atoms with E-state index in [1.54, 1.807) is 6.92 Å². The standard InChI is InChI=1S/C31H51N5O4/c1-6-28(37)33-26(29(38)36-19-17-35(5)18-20-36)21-23-13-15-25(16-14-23)32-22-27(24-11-9-7-8-10-12-24)34-30(39)40-31(2,3)4/h13-16,24,26-27,32H,6-12,17-22H2,1-5H3,(H,33,37)(H,34,39)/t26-,27-/m1/s1. The molecule has 1 saturated heterocycles. The van der Waals surface area contributed by atoms with Gasteiger partial charge >= 0.3 is 6.09 Å². The Labute approximate surface area is 240 Å². The molecule has 2 atom stereocenters. The second-order valence-corrected chi connectivity index (χ2v) is 12.4. The molecule has 2 aliphatic rings. The summed E-state index contributed by atoms with van der Waals surface area (Å²) >= 11 is 0. The average molecular weight is 558 g/mol. The number of likely N-dealkylation sites (N-methyl/N-ethyl adjacent to an activating group) is 1. The summed E-state index contributed by atoms with van der Waals surface area (Å²) in [6.07, 6.45) is 7.51. The quantitative estimate of drug-likeness (QED) is 0.373. The van der Waals surface area contributed by atoms with Crippen LogP contribution in [0.2, 0.25) is 0 Å². The molecule has 2 fully saturated rings. The number of hydrogen-bond acceptors (Lipinski definition) is 6. The van der Waals surface area contributed by atoms with Crippen LogP contribution in [0.3, 0.4) is 0 Å². The first-order valence-corrected chi connectivity index (χ1v) is 15.1. The van der Waals surface area contributed by atoms with E-state index in [0.717, 1.165) is 37.2 Å². The normalized spacial score (nSPS) is 18.8. The Balaban J connectivity index is 1.63. The second kappa shape index (κ2) is 15.3. The van der Waals surface area contributed by atoms with E-state index in [-0.39, 0.29) is 23.9 Å². The lowest BCUT2D eigenvalue weighted by atomic mass is 9.91. The van der Waals surface area contributed by atoms with Gasteiger partial charge in [-0.3, -0.25) is 9.59 Å². The Kier molecular flexibility index (Phi) is 12.1. The monoisotopic (exact) mass is 557 g/mol. The van der Waals surface area contributed by atoms with Gasteiger partial charge in [0.15, 0.2) is 0 Å². The fourth-order valence-corrected chi connectivity index (χ4v) is 5.47. The highest BCUT2D eigenvalue weighted by molar-refractivity contribution is 5.88. The van der Waals surface area contributed by atoms with Crippen LogP contribution in [0.5, 0.6) is 0 Å². The van der Waals surface area contributed by atoms with E-state index in [4.69, 9.17) is 4.74 Å². The van der Waals surface area contributed by atoms with Crippen molar-refractivity contribution in [3.8, 4) is 0 Å². The summed E-state index contributed by atoms with van der Waals surface area (Å²) in [5.74, 6) is 0.273. The number of nitrogens with one attached hydrogen (secondary N) is 3. The molecule has 9 heteroatoms. The van der Waals surface area contributed by atoms with Crippen molar-refractivity contribution < 1.29 is 19.1 Å². The molecule has 1 aromatic carbocycles. The predicted octanol–water partition coefficient (Wildman–Crippen LogP) is 4.17. The van der Waals surface area contributed by atoms with Gasteiger partial charge in [-0.15, -0.1) is 0 Å². The number of alkyl carbamates (subject to hydrolysis) is 1. The molecule has 1 aromatic rings. The van der Waals surface area contributed by atoms with Crippen LogP contribution in [-0.4, -0.2) is 85.2 Å². The maximum atomic E-state index is 13.3. The summed E-state index contributed by atoms with van der Waals surface area (Å²) in [6.45, 7) is 11.1. The van der Waals surface area contributed by atoms with Crippen molar-refractivity contribution in [1.29, 1.82) is 0 Å². The molecule has 40 heavy (non-hydrogen) atoms. The molecule has 0 radical (unpaired) electrons. The Morgan fingerprint density at radius 2 is 1.57 bits per heavy atom. The summed E-state index contributed by atoms with van der Waals surface area (Å²) in [7, 11) is 2.06. The zero-order valence-corrected chi connectivity index (χ0v) is 25.3. The van der Waals surface area contributed by atoms with Gasteiger partial charge in [0.2, 0.25) is 11.8 Å². The van der Waals surface area contributed by atoms with Gasteiger partial charge in [0.05, 0.1) is 6.04 Å². The van der Waals surface area contributed by atoms with Gasteiger partial charge in [0.1, 0.15) is 11.6 Å². The number of rotatable bonds is 10. The molecule has 3 rings (SSSR count). The zero-order chi connectivity index (χ0) is 29.1. The molecule has 1 aliphatic heterocycles. The lowest BCUT2D eigenvalue weighted by Crippen LogP contribution is -2.54. The molecule has 1 aliphatic carbocycles. The van der Waals surface area contributed by atoms with Gasteiger partial charge < -0.3 is 30.5 Å². The molecule has 0 bridgehead atoms. The molecule has 3 amide bonds. The maximum Gasteiger partial charge on any atom is 0.407 e. The molecule has 1 saturated carbocycles. The summed E-state index contributed by atoms with van der Waals surface area (Å²) < 4.78 is 5.56. The summed E-state index contributed by atoms with van der Waals surface area (Å²) in [5, 5.41) is 9.59. The highest BCUT2D eigenvalue weighted by Crippen LogP contribution is 2.26. The topological polar surface area (TPSA) is 103 Å². The molecule has 224 valence electrons. The molecule has 0 unspecified atom stereocenters. The smallest absolute Gasteiger partial charge is 0.407 e. The SMILES string of the molecule is CCC(=O)N[C@H](Cc1ccc(NC[C@@H](NC(=O)OC(C)(C)C)C2CCCCCC2)cc1)C(=O)N1CCN(C)CC1. The minimum absolute atomic E-state index is 0.0171. The molecule has 0 aromatic heterocycles. The first-order chi connectivity index (χ1) is 19.0. The molecular weight excluding hydrogens is 506 g/mol. The van der Waals surface area contributed by atoms with Crippen LogP contribution in [0.15, 0.2) is 24.3 Å². The van der Waals surface area contributed by atoms with Crippen LogP contribution < -0.4 is 16.0 Å². The predicted molar refractivity (Wildman–Crippen MR) is 159 cm³/mol. The van der Waals surface area contributed by atoms with Crippen molar-refractivity contribution in [3.05, 3.63) is 29.8 Å². The van der Waals surface area contributed by atoms with E-state index in [0.29, 0.717) is 38.4 Å². The van der Waals surface area contributed by atoms with Gasteiger partial charge in [0, 0.05) is 51.3 Å². The molecule has 0 spiro atoms. The number of piperazine rings is 1. The third kappa shape index (κ3) is 10.6. The van der Waals surface area contributed by atoms with E-state index >= 15 is 0 Å². The van der Waals surface area contributed by atoms with E-state index in [2.05, 4.69) is 27.9 Å². The molecule has 3 N–H and O–H groups in total. The van der Waals surface area contributed by atoms with Crippen molar-refractivity contribution in [2.24, 2.45) is 5.92 Å². The first-order valence-electron chi connectivity index (χ1n) is 15.1. The molecule has 1 heterocycles. The number of carbonyl (C=O) groups excluding carboxylic acids is 3. The van der Waals surface area contributed by atoms with E-state index in [1.165, 1.54) is 25.7 Å². The van der Waals surface area contributed by atoms with Crippen LogP contribution in [0.25, 0.3) is 0 Å². The van der Waals surface area contributed by atoms with Crippen molar-refractivity contribution in [2.75, 3.05) is 45.1 Å². The van der Waals surface area contributed by atoms with E-state index < -0.39 is 11.6 Å². The lowest BCUT2D eigenvalue weighted by Gasteiger charge is -2.34. The highest BCUT2D eigenvalue weighted by atomic mass is 16.6. The molecular formula is C31H51N5O4. The lowest BCUT2D eigenvalue weighted by molar-refractivity contribution is -0.137. The Hall–Kier alpha value is -2.81. The van der Waals surface area contributed by atoms with Crippen molar-refractivity contribution >= 4 is 23.6 Å². The number of amides is 3. The van der Waals surface area contributed by atoms with E-state index in [9.17, 15) is 14.4 Å². The minimum Gasteiger partial charge on any atom is -0.444 e.